The average molecular weight is 392 g/mol. The fourth-order valence-corrected chi connectivity index (χ4v) is 5.82. The predicted molar refractivity (Wildman–Crippen MR) is 110 cm³/mol. The van der Waals surface area contributed by atoms with Crippen LogP contribution in [0.25, 0.3) is 5.70 Å². The molecule has 0 aromatic heterocycles. The molecule has 0 N–H and O–H groups in total. The van der Waals surface area contributed by atoms with E-state index in [1.54, 1.807) is 9.80 Å². The van der Waals surface area contributed by atoms with Crippen LogP contribution in [0.15, 0.2) is 29.8 Å². The molecule has 1 aromatic carbocycles. The van der Waals surface area contributed by atoms with Gasteiger partial charge in [-0.15, -0.1) is 0 Å². The standard InChI is InChI=1S/C24H28N2O3/c27-21-19(22(28)25-14-8-1-2-9-15-25)20-18-11-5-4-10-17(18)16-24(26(20)23(21)29)12-6-3-7-13-24/h4-5,10-11H,1-3,6-9,12-16H2. The van der Waals surface area contributed by atoms with Gasteiger partial charge in [-0.05, 0) is 37.7 Å². The number of rotatable bonds is 1. The van der Waals surface area contributed by atoms with Crippen LogP contribution >= 0.6 is 0 Å². The zero-order valence-electron chi connectivity index (χ0n) is 16.9. The van der Waals surface area contributed by atoms with Crippen molar-refractivity contribution in [3.8, 4) is 0 Å². The number of nitrogens with zero attached hydrogens (tertiary/aromatic N) is 2. The molecule has 29 heavy (non-hydrogen) atoms. The minimum absolute atomic E-state index is 0.119. The normalized spacial score (nSPS) is 23.9. The van der Waals surface area contributed by atoms with Crippen LogP contribution in [-0.4, -0.2) is 46.0 Å². The summed E-state index contributed by atoms with van der Waals surface area (Å²) in [4.78, 5) is 43.5. The molecule has 2 fully saturated rings. The highest BCUT2D eigenvalue weighted by Gasteiger charge is 2.55. The molecule has 0 atom stereocenters. The molecule has 3 heterocycles. The van der Waals surface area contributed by atoms with Gasteiger partial charge < -0.3 is 4.90 Å². The summed E-state index contributed by atoms with van der Waals surface area (Å²) in [5.74, 6) is -1.34. The van der Waals surface area contributed by atoms with E-state index in [1.165, 1.54) is 0 Å². The predicted octanol–water partition coefficient (Wildman–Crippen LogP) is 3.47. The number of carbonyl (C=O) groups excluding carboxylic acids is 3. The number of amides is 2. The van der Waals surface area contributed by atoms with Crippen molar-refractivity contribution in [1.82, 2.24) is 9.80 Å². The van der Waals surface area contributed by atoms with Crippen LogP contribution in [0.5, 0.6) is 0 Å². The second kappa shape index (κ2) is 7.12. The Hall–Kier alpha value is -2.43. The summed E-state index contributed by atoms with van der Waals surface area (Å²) in [5, 5.41) is 0. The topological polar surface area (TPSA) is 57.7 Å². The summed E-state index contributed by atoms with van der Waals surface area (Å²) >= 11 is 0. The molecule has 0 radical (unpaired) electrons. The second-order valence-electron chi connectivity index (χ2n) is 9.02. The van der Waals surface area contributed by atoms with Crippen LogP contribution in [0.1, 0.15) is 68.9 Å². The van der Waals surface area contributed by atoms with Crippen molar-refractivity contribution in [2.45, 2.75) is 69.7 Å². The first-order valence-electron chi connectivity index (χ1n) is 11.1. The van der Waals surface area contributed by atoms with Gasteiger partial charge in [0.05, 0.1) is 11.2 Å². The smallest absolute Gasteiger partial charge is 0.300 e. The first-order valence-corrected chi connectivity index (χ1v) is 11.1. The minimum Gasteiger partial charge on any atom is -0.338 e. The van der Waals surface area contributed by atoms with Gasteiger partial charge >= 0.3 is 0 Å². The number of hydrogen-bond acceptors (Lipinski definition) is 3. The van der Waals surface area contributed by atoms with E-state index in [9.17, 15) is 14.4 Å². The highest BCUT2D eigenvalue weighted by atomic mass is 16.2. The third kappa shape index (κ3) is 2.85. The minimum atomic E-state index is -0.601. The quantitative estimate of drug-likeness (QED) is 0.543. The van der Waals surface area contributed by atoms with Crippen LogP contribution < -0.4 is 0 Å². The largest absolute Gasteiger partial charge is 0.338 e. The Morgan fingerprint density at radius 2 is 1.52 bits per heavy atom. The maximum Gasteiger partial charge on any atom is 0.300 e. The van der Waals surface area contributed by atoms with Crippen LogP contribution in [0, 0.1) is 0 Å². The van der Waals surface area contributed by atoms with Gasteiger partial charge in [0.15, 0.2) is 0 Å². The number of Topliss-reactive ketones (excluding diaryl/α,β-unsaturated/α-hetero) is 1. The summed E-state index contributed by atoms with van der Waals surface area (Å²) in [7, 11) is 0. The molecular formula is C24H28N2O3. The van der Waals surface area contributed by atoms with E-state index in [4.69, 9.17) is 0 Å². The fourth-order valence-electron chi connectivity index (χ4n) is 5.82. The molecule has 5 nitrogen and oxygen atoms in total. The van der Waals surface area contributed by atoms with Gasteiger partial charge in [-0.25, -0.2) is 0 Å². The third-order valence-electron chi connectivity index (χ3n) is 7.24. The summed E-state index contributed by atoms with van der Waals surface area (Å²) in [6, 6.07) is 8.01. The summed E-state index contributed by atoms with van der Waals surface area (Å²) in [6.45, 7) is 1.34. The van der Waals surface area contributed by atoms with E-state index in [1.807, 2.05) is 18.2 Å². The van der Waals surface area contributed by atoms with E-state index in [-0.39, 0.29) is 17.0 Å². The highest BCUT2D eigenvalue weighted by Crippen LogP contribution is 2.49. The number of likely N-dealkylation sites (tertiary alicyclic amines) is 1. The van der Waals surface area contributed by atoms with Gasteiger partial charge in [-0.3, -0.25) is 19.3 Å². The van der Waals surface area contributed by atoms with Crippen molar-refractivity contribution >= 4 is 23.3 Å². The van der Waals surface area contributed by atoms with Crippen LogP contribution in [0.2, 0.25) is 0 Å². The first kappa shape index (κ1) is 18.6. The van der Waals surface area contributed by atoms with E-state index >= 15 is 0 Å². The molecule has 1 spiro atoms. The molecule has 1 aliphatic carbocycles. The molecule has 0 unspecified atom stereocenters. The van der Waals surface area contributed by atoms with Crippen molar-refractivity contribution < 1.29 is 14.4 Å². The Morgan fingerprint density at radius 3 is 2.24 bits per heavy atom. The Labute approximate surface area is 171 Å². The molecule has 1 saturated heterocycles. The SMILES string of the molecule is O=C1C(=O)N2C(=C1C(=O)N1CCCCCC1)c1ccccc1CC21CCCCC1. The highest BCUT2D eigenvalue weighted by molar-refractivity contribution is 6.55. The monoisotopic (exact) mass is 392 g/mol. The summed E-state index contributed by atoms with van der Waals surface area (Å²) in [5.41, 5.74) is 2.41. The summed E-state index contributed by atoms with van der Waals surface area (Å²) in [6.07, 6.45) is 9.99. The van der Waals surface area contributed by atoms with Crippen molar-refractivity contribution in [1.29, 1.82) is 0 Å². The molecule has 0 bridgehead atoms. The van der Waals surface area contributed by atoms with Crippen molar-refractivity contribution in [2.75, 3.05) is 13.1 Å². The van der Waals surface area contributed by atoms with E-state index < -0.39 is 11.7 Å². The van der Waals surface area contributed by atoms with Crippen molar-refractivity contribution in [2.24, 2.45) is 0 Å². The lowest BCUT2D eigenvalue weighted by molar-refractivity contribution is -0.144. The lowest BCUT2D eigenvalue weighted by Gasteiger charge is -2.49. The molecule has 5 heteroatoms. The molecule has 3 aliphatic heterocycles. The molecule has 2 amide bonds. The van der Waals surface area contributed by atoms with Gasteiger partial charge in [0.1, 0.15) is 5.57 Å². The molecule has 1 saturated carbocycles. The Morgan fingerprint density at radius 1 is 0.862 bits per heavy atom. The van der Waals surface area contributed by atoms with E-state index in [0.717, 1.165) is 75.3 Å². The zero-order valence-corrected chi connectivity index (χ0v) is 16.9. The molecular weight excluding hydrogens is 364 g/mol. The van der Waals surface area contributed by atoms with Crippen molar-refractivity contribution in [3.05, 3.63) is 41.0 Å². The average Bonchev–Trinajstić information content (AvgIpc) is 2.91. The number of hydrogen-bond donors (Lipinski definition) is 0. The van der Waals surface area contributed by atoms with Gasteiger partial charge in [0.2, 0.25) is 0 Å². The zero-order chi connectivity index (χ0) is 20.0. The number of fused-ring (bicyclic) bond motifs is 4. The maximum atomic E-state index is 13.5. The molecule has 5 rings (SSSR count). The molecule has 152 valence electrons. The van der Waals surface area contributed by atoms with E-state index in [0.29, 0.717) is 18.8 Å². The van der Waals surface area contributed by atoms with Gasteiger partial charge in [0, 0.05) is 18.7 Å². The van der Waals surface area contributed by atoms with Crippen LogP contribution in [0.3, 0.4) is 0 Å². The Kier molecular flexibility index (Phi) is 4.56. The van der Waals surface area contributed by atoms with Crippen LogP contribution in [-0.2, 0) is 20.8 Å². The lowest BCUT2D eigenvalue weighted by atomic mass is 9.72. The summed E-state index contributed by atoms with van der Waals surface area (Å²) < 4.78 is 0. The molecule has 1 aromatic rings. The first-order chi connectivity index (χ1) is 14.1. The Bertz CT molecular complexity index is 902. The van der Waals surface area contributed by atoms with Gasteiger partial charge in [-0.1, -0.05) is 56.4 Å². The van der Waals surface area contributed by atoms with Gasteiger partial charge in [0.25, 0.3) is 17.6 Å². The lowest BCUT2D eigenvalue weighted by Crippen LogP contribution is -2.54. The third-order valence-corrected chi connectivity index (χ3v) is 7.24. The molecule has 4 aliphatic rings. The maximum absolute atomic E-state index is 13.5. The van der Waals surface area contributed by atoms with Crippen molar-refractivity contribution in [3.63, 3.8) is 0 Å². The second-order valence-corrected chi connectivity index (χ2v) is 9.02. The van der Waals surface area contributed by atoms with Gasteiger partial charge in [-0.2, -0.15) is 0 Å². The number of ketones is 1. The number of carbonyl (C=O) groups is 3. The Balaban J connectivity index is 1.67. The number of benzene rings is 1. The fraction of sp³-hybridized carbons (Fsp3) is 0.542. The van der Waals surface area contributed by atoms with Crippen LogP contribution in [0.4, 0.5) is 0 Å². The van der Waals surface area contributed by atoms with E-state index in [2.05, 4.69) is 6.07 Å².